The highest BCUT2D eigenvalue weighted by Crippen LogP contribution is 2.29. The highest BCUT2D eigenvalue weighted by atomic mass is 35.5. The first-order chi connectivity index (χ1) is 9.61. The van der Waals surface area contributed by atoms with Gasteiger partial charge in [0.2, 0.25) is 0 Å². The van der Waals surface area contributed by atoms with Crippen LogP contribution in [0.5, 0.6) is 5.75 Å². The van der Waals surface area contributed by atoms with Crippen molar-refractivity contribution in [3.05, 3.63) is 52.0 Å². The Morgan fingerprint density at radius 2 is 2.10 bits per heavy atom. The maximum atomic E-state index is 13.8. The number of hydrogen-bond acceptors (Lipinski definition) is 2. The molecule has 0 spiro atoms. The summed E-state index contributed by atoms with van der Waals surface area (Å²) in [5.41, 5.74) is 1.79. The fourth-order valence-electron chi connectivity index (χ4n) is 2.15. The molecular weight excluding hydrogens is 299 g/mol. The van der Waals surface area contributed by atoms with E-state index in [2.05, 4.69) is 4.98 Å². The number of rotatable bonds is 2. The van der Waals surface area contributed by atoms with Crippen molar-refractivity contribution in [3.8, 4) is 11.4 Å². The topological polar surface area (TPSA) is 29.9 Å². The van der Waals surface area contributed by atoms with Gasteiger partial charge in [-0.15, -0.1) is 0 Å². The van der Waals surface area contributed by atoms with Crippen LogP contribution in [0.2, 0.25) is 5.02 Å². The quantitative estimate of drug-likeness (QED) is 0.707. The van der Waals surface area contributed by atoms with Crippen LogP contribution in [0.1, 0.15) is 0 Å². The van der Waals surface area contributed by atoms with Crippen LogP contribution in [0.3, 0.4) is 0 Å². The van der Waals surface area contributed by atoms with E-state index < -0.39 is 0 Å². The van der Waals surface area contributed by atoms with Crippen molar-refractivity contribution in [2.75, 3.05) is 7.11 Å². The van der Waals surface area contributed by atoms with E-state index in [-0.39, 0.29) is 5.82 Å². The van der Waals surface area contributed by atoms with Gasteiger partial charge in [-0.1, -0.05) is 17.7 Å². The lowest BCUT2D eigenvalue weighted by atomic mass is 10.2. The molecule has 3 rings (SSSR count). The van der Waals surface area contributed by atoms with E-state index in [4.69, 9.17) is 28.6 Å². The summed E-state index contributed by atoms with van der Waals surface area (Å²) >= 11 is 11.4. The zero-order valence-corrected chi connectivity index (χ0v) is 12.1. The van der Waals surface area contributed by atoms with Crippen molar-refractivity contribution in [3.63, 3.8) is 0 Å². The van der Waals surface area contributed by atoms with Crippen molar-refractivity contribution in [1.29, 1.82) is 0 Å². The number of nitrogens with zero attached hydrogens (tertiary/aromatic N) is 1. The van der Waals surface area contributed by atoms with E-state index in [1.807, 2.05) is 6.07 Å². The smallest absolute Gasteiger partial charge is 0.182 e. The molecule has 0 unspecified atom stereocenters. The average Bonchev–Trinajstić information content (AvgIpc) is 2.76. The Hall–Kier alpha value is -1.85. The van der Waals surface area contributed by atoms with Crippen LogP contribution >= 0.6 is 23.8 Å². The van der Waals surface area contributed by atoms with Gasteiger partial charge < -0.3 is 9.72 Å². The highest BCUT2D eigenvalue weighted by molar-refractivity contribution is 7.71. The van der Waals surface area contributed by atoms with E-state index in [0.717, 1.165) is 5.69 Å². The van der Waals surface area contributed by atoms with Gasteiger partial charge in [0.1, 0.15) is 17.1 Å². The molecule has 1 N–H and O–H groups in total. The highest BCUT2D eigenvalue weighted by Gasteiger charge is 2.11. The Morgan fingerprint density at radius 3 is 2.80 bits per heavy atom. The maximum absolute atomic E-state index is 13.8. The molecule has 3 nitrogen and oxygen atoms in total. The van der Waals surface area contributed by atoms with Crippen molar-refractivity contribution in [1.82, 2.24) is 9.55 Å². The predicted octanol–water partition coefficient (Wildman–Crippen LogP) is 4.49. The molecule has 0 saturated heterocycles. The number of hydrogen-bond donors (Lipinski definition) is 1. The van der Waals surface area contributed by atoms with Gasteiger partial charge in [-0.2, -0.15) is 0 Å². The van der Waals surface area contributed by atoms with E-state index in [1.54, 1.807) is 35.9 Å². The van der Waals surface area contributed by atoms with Gasteiger partial charge in [-0.05, 0) is 42.5 Å². The summed E-state index contributed by atoms with van der Waals surface area (Å²) in [4.78, 5) is 2.87. The largest absolute Gasteiger partial charge is 0.495 e. The normalized spacial score (nSPS) is 10.9. The van der Waals surface area contributed by atoms with Gasteiger partial charge in [0, 0.05) is 0 Å². The SMILES string of the molecule is COc1ccc(-n2c(=S)[nH]c3c(F)cccc32)cc1Cl. The van der Waals surface area contributed by atoms with E-state index in [1.165, 1.54) is 6.07 Å². The number of methoxy groups -OCH3 is 1. The van der Waals surface area contributed by atoms with Gasteiger partial charge in [0.25, 0.3) is 0 Å². The van der Waals surface area contributed by atoms with Crippen molar-refractivity contribution >= 4 is 34.9 Å². The molecule has 0 amide bonds. The number of aromatic amines is 1. The number of fused-ring (bicyclic) bond motifs is 1. The molecule has 0 radical (unpaired) electrons. The zero-order valence-electron chi connectivity index (χ0n) is 10.5. The second kappa shape index (κ2) is 4.92. The molecule has 0 aliphatic carbocycles. The Kier molecular flexibility index (Phi) is 3.23. The lowest BCUT2D eigenvalue weighted by molar-refractivity contribution is 0.415. The maximum Gasteiger partial charge on any atom is 0.182 e. The molecule has 0 bridgehead atoms. The number of nitrogens with one attached hydrogen (secondary N) is 1. The second-order valence-corrected chi connectivity index (χ2v) is 5.01. The number of halogens is 2. The fraction of sp³-hybridized carbons (Fsp3) is 0.0714. The number of ether oxygens (including phenoxy) is 1. The lowest BCUT2D eigenvalue weighted by Crippen LogP contribution is -1.95. The minimum Gasteiger partial charge on any atom is -0.495 e. The first kappa shape index (κ1) is 13.1. The van der Waals surface area contributed by atoms with Gasteiger partial charge >= 0.3 is 0 Å². The minimum absolute atomic E-state index is 0.341. The molecule has 0 atom stereocenters. The molecule has 2 aromatic carbocycles. The second-order valence-electron chi connectivity index (χ2n) is 4.22. The predicted molar refractivity (Wildman–Crippen MR) is 80.0 cm³/mol. The van der Waals surface area contributed by atoms with Crippen LogP contribution in [-0.2, 0) is 0 Å². The average molecular weight is 309 g/mol. The molecule has 6 heteroatoms. The van der Waals surface area contributed by atoms with E-state index in [9.17, 15) is 4.39 Å². The molecule has 0 aliphatic heterocycles. The summed E-state index contributed by atoms with van der Waals surface area (Å²) in [6.45, 7) is 0. The Bertz CT molecular complexity index is 856. The van der Waals surface area contributed by atoms with Crippen LogP contribution in [0, 0.1) is 10.6 Å². The van der Waals surface area contributed by atoms with Crippen LogP contribution in [0.15, 0.2) is 36.4 Å². The summed E-state index contributed by atoms with van der Waals surface area (Å²) in [7, 11) is 1.55. The molecule has 3 aromatic rings. The van der Waals surface area contributed by atoms with Gasteiger partial charge in [-0.25, -0.2) is 4.39 Å². The van der Waals surface area contributed by atoms with E-state index in [0.29, 0.717) is 26.6 Å². The van der Waals surface area contributed by atoms with Gasteiger partial charge in [0.05, 0.1) is 23.3 Å². The van der Waals surface area contributed by atoms with Crippen molar-refractivity contribution in [2.24, 2.45) is 0 Å². The fourth-order valence-corrected chi connectivity index (χ4v) is 2.70. The monoisotopic (exact) mass is 308 g/mol. The van der Waals surface area contributed by atoms with Crippen molar-refractivity contribution < 1.29 is 9.13 Å². The Balaban J connectivity index is 2.30. The summed E-state index contributed by atoms with van der Waals surface area (Å²) in [6.07, 6.45) is 0. The molecule has 20 heavy (non-hydrogen) atoms. The third-order valence-electron chi connectivity index (χ3n) is 3.06. The number of aromatic nitrogens is 2. The third kappa shape index (κ3) is 1.99. The molecular formula is C14H10ClFN2OS. The Labute approximate surface area is 124 Å². The number of para-hydroxylation sites is 1. The zero-order chi connectivity index (χ0) is 14.3. The third-order valence-corrected chi connectivity index (χ3v) is 3.64. The summed E-state index contributed by atoms with van der Waals surface area (Å²) in [5, 5.41) is 0.470. The van der Waals surface area contributed by atoms with E-state index >= 15 is 0 Å². The Morgan fingerprint density at radius 1 is 1.30 bits per heavy atom. The molecule has 0 fully saturated rings. The standard InChI is InChI=1S/C14H10ClFN2OS/c1-19-12-6-5-8(7-9(12)15)18-11-4-2-3-10(16)13(11)17-14(18)20/h2-7H,1H3,(H,17,20). The summed E-state index contributed by atoms with van der Waals surface area (Å²) in [6, 6.07) is 10.1. The molecule has 1 heterocycles. The molecule has 0 aliphatic rings. The van der Waals surface area contributed by atoms with Gasteiger partial charge in [0.15, 0.2) is 4.77 Å². The van der Waals surface area contributed by atoms with Crippen LogP contribution in [0.25, 0.3) is 16.7 Å². The minimum atomic E-state index is -0.341. The molecule has 1 aromatic heterocycles. The van der Waals surface area contributed by atoms with Crippen LogP contribution in [0.4, 0.5) is 4.39 Å². The molecule has 102 valence electrons. The lowest BCUT2D eigenvalue weighted by Gasteiger charge is -2.08. The van der Waals surface area contributed by atoms with Crippen LogP contribution < -0.4 is 4.74 Å². The first-order valence-electron chi connectivity index (χ1n) is 5.85. The first-order valence-corrected chi connectivity index (χ1v) is 6.63. The van der Waals surface area contributed by atoms with Crippen molar-refractivity contribution in [2.45, 2.75) is 0 Å². The van der Waals surface area contributed by atoms with Crippen LogP contribution in [-0.4, -0.2) is 16.7 Å². The number of H-pyrrole nitrogens is 1. The van der Waals surface area contributed by atoms with Gasteiger partial charge in [-0.3, -0.25) is 4.57 Å². The summed E-state index contributed by atoms with van der Waals surface area (Å²) in [5.74, 6) is 0.236. The molecule has 0 saturated carbocycles. The number of benzene rings is 2. The summed E-state index contributed by atoms with van der Waals surface area (Å²) < 4.78 is 21.0. The number of imidazole rings is 1.